The van der Waals surface area contributed by atoms with Crippen LogP contribution in [0, 0.1) is 0 Å². The van der Waals surface area contributed by atoms with Crippen LogP contribution >= 0.6 is 11.3 Å². The fraction of sp³-hybridized carbons (Fsp3) is 0.0435. The molecule has 1 amide bonds. The van der Waals surface area contributed by atoms with Crippen LogP contribution in [0.15, 0.2) is 83.5 Å². The summed E-state index contributed by atoms with van der Waals surface area (Å²) in [4.78, 5) is 25.6. The van der Waals surface area contributed by atoms with Crippen molar-refractivity contribution in [2.24, 2.45) is 0 Å². The van der Waals surface area contributed by atoms with Crippen molar-refractivity contribution >= 4 is 27.5 Å². The third-order valence-electron chi connectivity index (χ3n) is 4.54. The van der Waals surface area contributed by atoms with Crippen LogP contribution in [-0.4, -0.2) is 20.9 Å². The van der Waals surface area contributed by atoms with Crippen LogP contribution < -0.4 is 5.32 Å². The maximum Gasteiger partial charge on any atom is 0.254 e. The van der Waals surface area contributed by atoms with Gasteiger partial charge in [0, 0.05) is 18.0 Å². The van der Waals surface area contributed by atoms with Gasteiger partial charge in [0.15, 0.2) is 16.6 Å². The highest BCUT2D eigenvalue weighted by atomic mass is 32.1. The van der Waals surface area contributed by atoms with Crippen molar-refractivity contribution in [2.45, 2.75) is 6.54 Å². The van der Waals surface area contributed by atoms with Crippen LogP contribution in [0.1, 0.15) is 16.1 Å². The number of aromatic nitrogens is 3. The highest BCUT2D eigenvalue weighted by Gasteiger charge is 2.12. The first-order chi connectivity index (χ1) is 14.8. The van der Waals surface area contributed by atoms with E-state index in [1.165, 1.54) is 12.4 Å². The van der Waals surface area contributed by atoms with Gasteiger partial charge in [0.1, 0.15) is 5.76 Å². The molecule has 30 heavy (non-hydrogen) atoms. The third-order valence-corrected chi connectivity index (χ3v) is 5.59. The molecule has 2 aromatic carbocycles. The smallest absolute Gasteiger partial charge is 0.254 e. The van der Waals surface area contributed by atoms with E-state index in [-0.39, 0.29) is 12.5 Å². The summed E-state index contributed by atoms with van der Waals surface area (Å²) in [5, 5.41) is 3.65. The zero-order valence-electron chi connectivity index (χ0n) is 15.8. The zero-order valence-corrected chi connectivity index (χ0v) is 16.6. The Kier molecular flexibility index (Phi) is 4.78. The minimum atomic E-state index is -0.257. The van der Waals surface area contributed by atoms with Crippen LogP contribution in [-0.2, 0) is 6.54 Å². The van der Waals surface area contributed by atoms with E-state index in [4.69, 9.17) is 4.42 Å². The Morgan fingerprint density at radius 1 is 0.933 bits per heavy atom. The predicted molar refractivity (Wildman–Crippen MR) is 116 cm³/mol. The minimum absolute atomic E-state index is 0.257. The fourth-order valence-corrected chi connectivity index (χ4v) is 3.94. The van der Waals surface area contributed by atoms with Crippen molar-refractivity contribution < 1.29 is 9.21 Å². The second kappa shape index (κ2) is 7.88. The number of furan rings is 1. The Morgan fingerprint density at radius 2 is 1.70 bits per heavy atom. The predicted octanol–water partition coefficient (Wildman–Crippen LogP) is 4.94. The van der Waals surface area contributed by atoms with Crippen LogP contribution in [0.5, 0.6) is 0 Å². The highest BCUT2D eigenvalue weighted by Crippen LogP contribution is 2.31. The van der Waals surface area contributed by atoms with E-state index in [0.29, 0.717) is 22.9 Å². The Labute approximate surface area is 176 Å². The Bertz CT molecular complexity index is 1280. The highest BCUT2D eigenvalue weighted by molar-refractivity contribution is 7.21. The van der Waals surface area contributed by atoms with Crippen molar-refractivity contribution in [1.29, 1.82) is 0 Å². The number of amides is 1. The maximum atomic E-state index is 12.4. The molecule has 0 aliphatic rings. The van der Waals surface area contributed by atoms with Crippen LogP contribution in [0.25, 0.3) is 32.4 Å². The van der Waals surface area contributed by atoms with E-state index in [2.05, 4.69) is 20.3 Å². The van der Waals surface area contributed by atoms with Crippen LogP contribution in [0.4, 0.5) is 0 Å². The first-order valence-corrected chi connectivity index (χ1v) is 10.2. The molecule has 5 aromatic rings. The maximum absolute atomic E-state index is 12.4. The lowest BCUT2D eigenvalue weighted by Crippen LogP contribution is -2.22. The van der Waals surface area contributed by atoms with Crippen molar-refractivity contribution in [3.05, 3.63) is 90.4 Å². The molecule has 3 heterocycles. The molecule has 0 fully saturated rings. The van der Waals surface area contributed by atoms with Gasteiger partial charge in [0.05, 0.1) is 22.3 Å². The van der Waals surface area contributed by atoms with E-state index in [0.717, 1.165) is 20.8 Å². The number of carbonyl (C=O) groups is 1. The number of para-hydroxylation sites is 1. The summed E-state index contributed by atoms with van der Waals surface area (Å²) < 4.78 is 6.97. The van der Waals surface area contributed by atoms with Gasteiger partial charge in [-0.2, -0.15) is 0 Å². The molecule has 0 aliphatic heterocycles. The summed E-state index contributed by atoms with van der Waals surface area (Å²) in [6.07, 6.45) is 3.05. The SMILES string of the molecule is O=C(NCc1ccc(-c2nc3ccccc3s2)o1)c1cnc(-c2ccccc2)nc1. The van der Waals surface area contributed by atoms with Gasteiger partial charge in [0.25, 0.3) is 5.91 Å². The summed E-state index contributed by atoms with van der Waals surface area (Å²) in [7, 11) is 0. The number of fused-ring (bicyclic) bond motifs is 1. The van der Waals surface area contributed by atoms with Gasteiger partial charge in [-0.3, -0.25) is 4.79 Å². The molecule has 0 aliphatic carbocycles. The van der Waals surface area contributed by atoms with Crippen molar-refractivity contribution in [3.63, 3.8) is 0 Å². The molecule has 7 heteroatoms. The lowest BCUT2D eigenvalue weighted by atomic mass is 10.2. The van der Waals surface area contributed by atoms with Crippen molar-refractivity contribution in [1.82, 2.24) is 20.3 Å². The Balaban J connectivity index is 1.24. The second-order valence-corrected chi connectivity index (χ2v) is 7.63. The first kappa shape index (κ1) is 18.2. The first-order valence-electron chi connectivity index (χ1n) is 9.36. The summed E-state index contributed by atoms with van der Waals surface area (Å²) in [6, 6.07) is 21.3. The van der Waals surface area contributed by atoms with Gasteiger partial charge in [-0.05, 0) is 24.3 Å². The average molecular weight is 412 g/mol. The van der Waals surface area contributed by atoms with E-state index >= 15 is 0 Å². The number of rotatable bonds is 5. The molecule has 1 N–H and O–H groups in total. The average Bonchev–Trinajstić information content (AvgIpc) is 3.45. The molecule has 0 saturated carbocycles. The molecule has 0 spiro atoms. The largest absolute Gasteiger partial charge is 0.457 e. The van der Waals surface area contributed by atoms with E-state index in [9.17, 15) is 4.79 Å². The van der Waals surface area contributed by atoms with Gasteiger partial charge in [-0.1, -0.05) is 42.5 Å². The van der Waals surface area contributed by atoms with Gasteiger partial charge < -0.3 is 9.73 Å². The Morgan fingerprint density at radius 3 is 2.50 bits per heavy atom. The van der Waals surface area contributed by atoms with E-state index < -0.39 is 0 Å². The molecular formula is C23H16N4O2S. The molecule has 0 bridgehead atoms. The summed E-state index contributed by atoms with van der Waals surface area (Å²) in [5.41, 5.74) is 2.25. The minimum Gasteiger partial charge on any atom is -0.457 e. The topological polar surface area (TPSA) is 80.9 Å². The van der Waals surface area contributed by atoms with Gasteiger partial charge >= 0.3 is 0 Å². The number of hydrogen-bond acceptors (Lipinski definition) is 6. The zero-order chi connectivity index (χ0) is 20.3. The molecule has 146 valence electrons. The number of nitrogens with zero attached hydrogens (tertiary/aromatic N) is 3. The summed E-state index contributed by atoms with van der Waals surface area (Å²) in [5.74, 6) is 1.67. The fourth-order valence-electron chi connectivity index (χ4n) is 3.02. The molecule has 0 atom stereocenters. The lowest BCUT2D eigenvalue weighted by Gasteiger charge is -2.04. The number of benzene rings is 2. The summed E-state index contributed by atoms with van der Waals surface area (Å²) >= 11 is 1.58. The van der Waals surface area contributed by atoms with Crippen molar-refractivity contribution in [3.8, 4) is 22.2 Å². The molecule has 0 radical (unpaired) electrons. The Hall–Kier alpha value is -3.84. The molecule has 5 rings (SSSR count). The number of nitrogens with one attached hydrogen (secondary N) is 1. The van der Waals surface area contributed by atoms with Crippen LogP contribution in [0.3, 0.4) is 0 Å². The molecule has 0 unspecified atom stereocenters. The standard InChI is InChI=1S/C23H16N4O2S/c28-22(16-12-24-21(25-13-16)15-6-2-1-3-7-15)26-14-17-10-11-19(29-17)23-27-18-8-4-5-9-20(18)30-23/h1-13H,14H2,(H,26,28). The second-order valence-electron chi connectivity index (χ2n) is 6.60. The molecule has 3 aromatic heterocycles. The monoisotopic (exact) mass is 412 g/mol. The normalized spacial score (nSPS) is 10.9. The molecular weight excluding hydrogens is 396 g/mol. The van der Waals surface area contributed by atoms with Gasteiger partial charge in [-0.15, -0.1) is 11.3 Å². The van der Waals surface area contributed by atoms with Gasteiger partial charge in [0.2, 0.25) is 0 Å². The van der Waals surface area contributed by atoms with Crippen molar-refractivity contribution in [2.75, 3.05) is 0 Å². The molecule has 6 nitrogen and oxygen atoms in total. The number of thiazole rings is 1. The van der Waals surface area contributed by atoms with E-state index in [1.54, 1.807) is 11.3 Å². The quantitative estimate of drug-likeness (QED) is 0.442. The number of hydrogen-bond donors (Lipinski definition) is 1. The summed E-state index contributed by atoms with van der Waals surface area (Å²) in [6.45, 7) is 0.268. The lowest BCUT2D eigenvalue weighted by molar-refractivity contribution is 0.0947. The molecule has 0 saturated heterocycles. The van der Waals surface area contributed by atoms with Crippen LogP contribution in [0.2, 0.25) is 0 Å². The third kappa shape index (κ3) is 3.70. The van der Waals surface area contributed by atoms with Gasteiger partial charge in [-0.25, -0.2) is 15.0 Å². The van der Waals surface area contributed by atoms with E-state index in [1.807, 2.05) is 66.7 Å². The number of carbonyl (C=O) groups excluding carboxylic acids is 1.